The van der Waals surface area contributed by atoms with E-state index in [0.717, 1.165) is 11.3 Å². The highest BCUT2D eigenvalue weighted by Crippen LogP contribution is 2.44. The van der Waals surface area contributed by atoms with Crippen LogP contribution in [0.25, 0.3) is 0 Å². The Hall–Kier alpha value is -2.59. The van der Waals surface area contributed by atoms with Crippen molar-refractivity contribution in [3.05, 3.63) is 52.2 Å². The molecule has 3 atom stereocenters. The van der Waals surface area contributed by atoms with E-state index in [1.165, 1.54) is 47.1 Å². The van der Waals surface area contributed by atoms with Crippen molar-refractivity contribution in [2.75, 3.05) is 0 Å². The molecule has 1 aromatic heterocycles. The van der Waals surface area contributed by atoms with Crippen molar-refractivity contribution in [2.24, 2.45) is 5.92 Å². The summed E-state index contributed by atoms with van der Waals surface area (Å²) in [5.41, 5.74) is -3.62. The molecule has 6 nitrogen and oxygen atoms in total. The van der Waals surface area contributed by atoms with Crippen LogP contribution in [-0.2, 0) is 0 Å². The number of benzene rings is 1. The summed E-state index contributed by atoms with van der Waals surface area (Å²) >= 11 is 0.928. The molecule has 1 fully saturated rings. The predicted molar refractivity (Wildman–Crippen MR) is 85.7 cm³/mol. The second-order valence-electron chi connectivity index (χ2n) is 5.75. The number of hydrogen-bond donors (Lipinski definition) is 4. The van der Waals surface area contributed by atoms with Crippen LogP contribution in [-0.4, -0.2) is 33.9 Å². The SMILES string of the molecule is O=C1N[C@H](c2ccc(O)cc2)[C@@H](C(=O)c2cccs2)[C@](O)(C(F)(F)F)N1. The van der Waals surface area contributed by atoms with Crippen LogP contribution in [0.5, 0.6) is 5.75 Å². The fourth-order valence-corrected chi connectivity index (χ4v) is 3.57. The van der Waals surface area contributed by atoms with Crippen molar-refractivity contribution in [2.45, 2.75) is 17.9 Å². The molecule has 2 heterocycles. The van der Waals surface area contributed by atoms with Gasteiger partial charge in [0.2, 0.25) is 5.72 Å². The van der Waals surface area contributed by atoms with Crippen LogP contribution in [0.2, 0.25) is 0 Å². The number of phenolic OH excluding ortho intramolecular Hbond substituents is 1. The van der Waals surface area contributed by atoms with Crippen molar-refractivity contribution < 1.29 is 33.0 Å². The summed E-state index contributed by atoms with van der Waals surface area (Å²) in [4.78, 5) is 24.6. The molecule has 1 aromatic carbocycles. The van der Waals surface area contributed by atoms with Crippen molar-refractivity contribution in [3.63, 3.8) is 0 Å². The van der Waals surface area contributed by atoms with Crippen LogP contribution in [0.3, 0.4) is 0 Å². The molecule has 26 heavy (non-hydrogen) atoms. The minimum absolute atomic E-state index is 0.0133. The zero-order valence-electron chi connectivity index (χ0n) is 12.9. The van der Waals surface area contributed by atoms with Gasteiger partial charge in [0.15, 0.2) is 5.78 Å². The lowest BCUT2D eigenvalue weighted by molar-refractivity contribution is -0.287. The molecule has 138 valence electrons. The van der Waals surface area contributed by atoms with E-state index < -0.39 is 35.7 Å². The van der Waals surface area contributed by atoms with Crippen molar-refractivity contribution in [1.29, 1.82) is 0 Å². The molecule has 4 N–H and O–H groups in total. The lowest BCUT2D eigenvalue weighted by Crippen LogP contribution is -2.72. The van der Waals surface area contributed by atoms with Crippen molar-refractivity contribution >= 4 is 23.2 Å². The summed E-state index contributed by atoms with van der Waals surface area (Å²) in [5, 5.41) is 24.9. The summed E-state index contributed by atoms with van der Waals surface area (Å²) in [5.74, 6) is -3.17. The molecule has 0 bridgehead atoms. The molecule has 1 saturated heterocycles. The number of alkyl halides is 3. The third-order valence-corrected chi connectivity index (χ3v) is 4.99. The van der Waals surface area contributed by atoms with Gasteiger partial charge in [-0.2, -0.15) is 13.2 Å². The largest absolute Gasteiger partial charge is 0.508 e. The molecule has 2 amide bonds. The van der Waals surface area contributed by atoms with E-state index >= 15 is 0 Å². The Morgan fingerprint density at radius 1 is 1.19 bits per heavy atom. The molecule has 0 spiro atoms. The zero-order valence-corrected chi connectivity index (χ0v) is 13.8. The summed E-state index contributed by atoms with van der Waals surface area (Å²) in [7, 11) is 0. The minimum atomic E-state index is -5.29. The third kappa shape index (κ3) is 3.01. The first kappa shape index (κ1) is 18.2. The first-order valence-electron chi connectivity index (χ1n) is 7.38. The number of aliphatic hydroxyl groups is 1. The second kappa shape index (κ2) is 6.29. The summed E-state index contributed by atoms with van der Waals surface area (Å²) in [6.07, 6.45) is -5.29. The number of nitrogens with one attached hydrogen (secondary N) is 2. The van der Waals surface area contributed by atoms with E-state index in [9.17, 15) is 33.0 Å². The van der Waals surface area contributed by atoms with Gasteiger partial charge in [0.25, 0.3) is 0 Å². The molecular formula is C16H13F3N2O4S. The van der Waals surface area contributed by atoms with Gasteiger partial charge in [-0.3, -0.25) is 4.79 Å². The fraction of sp³-hybridized carbons (Fsp3) is 0.250. The molecule has 0 radical (unpaired) electrons. The first-order valence-corrected chi connectivity index (χ1v) is 8.26. The lowest BCUT2D eigenvalue weighted by Gasteiger charge is -2.44. The minimum Gasteiger partial charge on any atom is -0.508 e. The van der Waals surface area contributed by atoms with Crippen LogP contribution >= 0.6 is 11.3 Å². The van der Waals surface area contributed by atoms with Gasteiger partial charge in [-0.05, 0) is 29.1 Å². The van der Waals surface area contributed by atoms with Crippen LogP contribution in [0.15, 0.2) is 41.8 Å². The Balaban J connectivity index is 2.14. The number of carbonyl (C=O) groups excluding carboxylic acids is 2. The molecular weight excluding hydrogens is 373 g/mol. The van der Waals surface area contributed by atoms with Gasteiger partial charge >= 0.3 is 12.2 Å². The van der Waals surface area contributed by atoms with Gasteiger partial charge in [-0.25, -0.2) is 4.79 Å². The number of ketones is 1. The maximum atomic E-state index is 13.6. The highest BCUT2D eigenvalue weighted by atomic mass is 32.1. The summed E-state index contributed by atoms with van der Waals surface area (Å²) in [6, 6.07) is 5.09. The van der Waals surface area contributed by atoms with Gasteiger partial charge in [0.05, 0.1) is 10.9 Å². The topological polar surface area (TPSA) is 98.7 Å². The quantitative estimate of drug-likeness (QED) is 0.610. The van der Waals surface area contributed by atoms with Gasteiger partial charge in [-0.1, -0.05) is 18.2 Å². The second-order valence-corrected chi connectivity index (χ2v) is 6.70. The number of thiophene rings is 1. The highest BCUT2D eigenvalue weighted by Gasteiger charge is 2.66. The van der Waals surface area contributed by atoms with E-state index in [2.05, 4.69) is 5.32 Å². The molecule has 2 aromatic rings. The Labute approximate surface area is 149 Å². The number of phenols is 1. The number of aromatic hydroxyl groups is 1. The van der Waals surface area contributed by atoms with Gasteiger partial charge < -0.3 is 20.8 Å². The van der Waals surface area contributed by atoms with Crippen molar-refractivity contribution in [1.82, 2.24) is 10.6 Å². The van der Waals surface area contributed by atoms with Crippen molar-refractivity contribution in [3.8, 4) is 5.75 Å². The van der Waals surface area contributed by atoms with Gasteiger partial charge in [0, 0.05) is 0 Å². The maximum Gasteiger partial charge on any atom is 0.437 e. The number of rotatable bonds is 3. The number of Topliss-reactive ketones (excluding diaryl/α,β-unsaturated/α-hetero) is 1. The van der Waals surface area contributed by atoms with E-state index in [-0.39, 0.29) is 16.2 Å². The van der Waals surface area contributed by atoms with Crippen LogP contribution in [0, 0.1) is 5.92 Å². The van der Waals surface area contributed by atoms with Crippen LogP contribution in [0.1, 0.15) is 21.3 Å². The number of halogens is 3. The maximum absolute atomic E-state index is 13.6. The molecule has 0 unspecified atom stereocenters. The van der Waals surface area contributed by atoms with Crippen LogP contribution < -0.4 is 10.6 Å². The molecule has 1 aliphatic rings. The Kier molecular flexibility index (Phi) is 4.41. The smallest absolute Gasteiger partial charge is 0.437 e. The molecule has 0 aliphatic carbocycles. The number of hydrogen-bond acceptors (Lipinski definition) is 5. The predicted octanol–water partition coefficient (Wildman–Crippen LogP) is 2.56. The highest BCUT2D eigenvalue weighted by molar-refractivity contribution is 7.12. The van der Waals surface area contributed by atoms with Crippen LogP contribution in [0.4, 0.5) is 18.0 Å². The number of urea groups is 1. The van der Waals surface area contributed by atoms with E-state index in [4.69, 9.17) is 0 Å². The normalized spacial score (nSPS) is 26.1. The van der Waals surface area contributed by atoms with Gasteiger partial charge in [-0.15, -0.1) is 11.3 Å². The lowest BCUT2D eigenvalue weighted by atomic mass is 9.78. The zero-order chi connectivity index (χ0) is 19.1. The average Bonchev–Trinajstić information content (AvgIpc) is 3.08. The third-order valence-electron chi connectivity index (χ3n) is 4.10. The fourth-order valence-electron chi connectivity index (χ4n) is 2.87. The Bertz CT molecular complexity index is 823. The molecule has 3 rings (SSSR count). The summed E-state index contributed by atoms with van der Waals surface area (Å²) < 4.78 is 40.9. The summed E-state index contributed by atoms with van der Waals surface area (Å²) in [6.45, 7) is 0. The Morgan fingerprint density at radius 3 is 2.38 bits per heavy atom. The number of carbonyl (C=O) groups is 2. The van der Waals surface area contributed by atoms with Gasteiger partial charge in [0.1, 0.15) is 11.7 Å². The van der Waals surface area contributed by atoms with E-state index in [1.54, 1.807) is 0 Å². The van der Waals surface area contributed by atoms with E-state index in [0.29, 0.717) is 0 Å². The number of amides is 2. The first-order chi connectivity index (χ1) is 12.1. The van der Waals surface area contributed by atoms with E-state index in [1.807, 2.05) is 0 Å². The molecule has 0 saturated carbocycles. The molecule has 1 aliphatic heterocycles. The average molecular weight is 386 g/mol. The molecule has 10 heteroatoms. The Morgan fingerprint density at radius 2 is 1.85 bits per heavy atom. The standard InChI is InChI=1S/C16H13F3N2O4S/c17-16(18,19)15(25)11(13(23)10-2-1-7-26-10)12(20-14(24)21-15)8-3-5-9(22)6-4-8/h1-7,11-12,22,25H,(H2,20,21,24)/t11-,12+,15-/m0/s1. The monoisotopic (exact) mass is 386 g/mol.